The van der Waals surface area contributed by atoms with Crippen molar-refractivity contribution in [2.45, 2.75) is 77.0 Å². The van der Waals surface area contributed by atoms with E-state index in [1.165, 1.54) is 32.1 Å². The molecule has 1 rings (SSSR count). The molecule has 0 heterocycles. The summed E-state index contributed by atoms with van der Waals surface area (Å²) in [5.41, 5.74) is 0. The molecular weight excluding hydrogens is 200 g/mol. The van der Waals surface area contributed by atoms with Crippen LogP contribution in [0.2, 0.25) is 0 Å². The van der Waals surface area contributed by atoms with E-state index >= 15 is 0 Å². The van der Waals surface area contributed by atoms with Gasteiger partial charge in [0.15, 0.2) is 0 Å². The lowest BCUT2D eigenvalue weighted by Gasteiger charge is -2.05. The Bertz CT molecular complexity index is 199. The number of carbonyl (C=O) groups is 2. The zero-order chi connectivity index (χ0) is 11.6. The van der Waals surface area contributed by atoms with Crippen LogP contribution in [0.3, 0.4) is 0 Å². The average molecular weight is 224 g/mol. The monoisotopic (exact) mass is 224 g/mol. The van der Waals surface area contributed by atoms with Gasteiger partial charge in [-0.25, -0.2) is 0 Å². The lowest BCUT2D eigenvalue weighted by atomic mass is 10.00. The third kappa shape index (κ3) is 6.76. The van der Waals surface area contributed by atoms with E-state index in [1.807, 2.05) is 0 Å². The van der Waals surface area contributed by atoms with Gasteiger partial charge in [-0.3, -0.25) is 9.59 Å². The molecule has 0 aromatic heterocycles. The van der Waals surface area contributed by atoms with Crippen molar-refractivity contribution >= 4 is 11.6 Å². The van der Waals surface area contributed by atoms with Gasteiger partial charge >= 0.3 is 0 Å². The molecule has 1 aliphatic rings. The molecule has 0 spiro atoms. The van der Waals surface area contributed by atoms with E-state index in [1.54, 1.807) is 0 Å². The van der Waals surface area contributed by atoms with Crippen molar-refractivity contribution < 1.29 is 9.59 Å². The zero-order valence-corrected chi connectivity index (χ0v) is 10.3. The van der Waals surface area contributed by atoms with E-state index in [0.29, 0.717) is 24.4 Å². The molecule has 0 aliphatic heterocycles. The van der Waals surface area contributed by atoms with Crippen molar-refractivity contribution in [3.8, 4) is 0 Å². The summed E-state index contributed by atoms with van der Waals surface area (Å²) in [6.07, 6.45) is 11.7. The first-order valence-electron chi connectivity index (χ1n) is 6.82. The minimum absolute atomic E-state index is 0.352. The zero-order valence-electron chi connectivity index (χ0n) is 10.3. The molecular formula is C14H24O2. The van der Waals surface area contributed by atoms with Gasteiger partial charge in [-0.15, -0.1) is 0 Å². The van der Waals surface area contributed by atoms with Gasteiger partial charge in [0.05, 0.1) is 0 Å². The minimum Gasteiger partial charge on any atom is -0.300 e. The molecule has 16 heavy (non-hydrogen) atoms. The SMILES string of the molecule is O=C1CCCCCCCCCC(=O)CCC1. The fraction of sp³-hybridized carbons (Fsp3) is 0.857. The number of ketones is 2. The molecule has 92 valence electrons. The third-order valence-electron chi connectivity index (χ3n) is 3.32. The van der Waals surface area contributed by atoms with Gasteiger partial charge in [-0.2, -0.15) is 0 Å². The average Bonchev–Trinajstić information content (AvgIpc) is 2.26. The smallest absolute Gasteiger partial charge is 0.132 e. The van der Waals surface area contributed by atoms with Crippen molar-refractivity contribution in [1.29, 1.82) is 0 Å². The second-order valence-electron chi connectivity index (χ2n) is 4.91. The van der Waals surface area contributed by atoms with Gasteiger partial charge in [0, 0.05) is 25.7 Å². The molecule has 0 unspecified atom stereocenters. The maximum atomic E-state index is 11.4. The van der Waals surface area contributed by atoms with E-state index in [4.69, 9.17) is 0 Å². The van der Waals surface area contributed by atoms with Crippen LogP contribution in [0, 0.1) is 0 Å². The maximum absolute atomic E-state index is 11.4. The van der Waals surface area contributed by atoms with Gasteiger partial charge in [0.1, 0.15) is 11.6 Å². The number of hydrogen-bond donors (Lipinski definition) is 0. The highest BCUT2D eigenvalue weighted by atomic mass is 16.1. The van der Waals surface area contributed by atoms with Gasteiger partial charge in [-0.1, -0.05) is 32.1 Å². The second kappa shape index (κ2) is 8.49. The number of hydrogen-bond acceptors (Lipinski definition) is 2. The number of Topliss-reactive ketones (excluding diaryl/α,β-unsaturated/α-hetero) is 2. The topological polar surface area (TPSA) is 34.1 Å². The van der Waals surface area contributed by atoms with Gasteiger partial charge < -0.3 is 0 Å². The molecule has 0 aromatic carbocycles. The number of rotatable bonds is 0. The lowest BCUT2D eigenvalue weighted by Crippen LogP contribution is -2.02. The molecule has 1 aliphatic carbocycles. The van der Waals surface area contributed by atoms with E-state index in [2.05, 4.69) is 0 Å². The van der Waals surface area contributed by atoms with E-state index in [0.717, 1.165) is 32.1 Å². The summed E-state index contributed by atoms with van der Waals surface area (Å²) < 4.78 is 0. The Hall–Kier alpha value is -0.660. The molecule has 1 fully saturated rings. The fourth-order valence-corrected chi connectivity index (χ4v) is 2.26. The highest BCUT2D eigenvalue weighted by Gasteiger charge is 2.06. The summed E-state index contributed by atoms with van der Waals surface area (Å²) in [5.74, 6) is 0.703. The molecule has 0 aromatic rings. The summed E-state index contributed by atoms with van der Waals surface area (Å²) >= 11 is 0. The molecule has 0 saturated heterocycles. The first-order chi connectivity index (χ1) is 7.79. The van der Waals surface area contributed by atoms with E-state index < -0.39 is 0 Å². The molecule has 0 bridgehead atoms. The lowest BCUT2D eigenvalue weighted by molar-refractivity contribution is -0.120. The molecule has 2 heteroatoms. The quantitative estimate of drug-likeness (QED) is 0.627. The van der Waals surface area contributed by atoms with Crippen LogP contribution in [0.4, 0.5) is 0 Å². The summed E-state index contributed by atoms with van der Waals surface area (Å²) in [5, 5.41) is 0. The highest BCUT2D eigenvalue weighted by molar-refractivity contribution is 5.81. The largest absolute Gasteiger partial charge is 0.300 e. The summed E-state index contributed by atoms with van der Waals surface area (Å²) in [6.45, 7) is 0. The summed E-state index contributed by atoms with van der Waals surface area (Å²) in [4.78, 5) is 22.9. The molecule has 0 atom stereocenters. The normalized spacial score (nSPS) is 22.8. The van der Waals surface area contributed by atoms with Gasteiger partial charge in [-0.05, 0) is 19.3 Å². The third-order valence-corrected chi connectivity index (χ3v) is 3.32. The maximum Gasteiger partial charge on any atom is 0.132 e. The van der Waals surface area contributed by atoms with Crippen LogP contribution in [-0.4, -0.2) is 11.6 Å². The molecule has 0 amide bonds. The highest BCUT2D eigenvalue weighted by Crippen LogP contribution is 2.13. The van der Waals surface area contributed by atoms with E-state index in [-0.39, 0.29) is 0 Å². The van der Waals surface area contributed by atoms with Crippen molar-refractivity contribution in [3.63, 3.8) is 0 Å². The standard InChI is InChI=1S/C14H24O2/c15-13-9-6-4-2-1-3-5-7-10-14(16)12-8-11-13/h1-12H2. The molecule has 1 saturated carbocycles. The Kier molecular flexibility index (Phi) is 7.11. The number of carbonyl (C=O) groups excluding carboxylic acids is 2. The van der Waals surface area contributed by atoms with Crippen LogP contribution in [-0.2, 0) is 9.59 Å². The Labute approximate surface area is 98.8 Å². The Morgan fingerprint density at radius 1 is 0.438 bits per heavy atom. The molecule has 2 nitrogen and oxygen atoms in total. The Balaban J connectivity index is 2.25. The van der Waals surface area contributed by atoms with Crippen molar-refractivity contribution in [3.05, 3.63) is 0 Å². The first-order valence-corrected chi connectivity index (χ1v) is 6.82. The Morgan fingerprint density at radius 2 is 0.750 bits per heavy atom. The van der Waals surface area contributed by atoms with Crippen LogP contribution >= 0.6 is 0 Å². The van der Waals surface area contributed by atoms with Crippen LogP contribution in [0.5, 0.6) is 0 Å². The van der Waals surface area contributed by atoms with Crippen molar-refractivity contribution in [2.75, 3.05) is 0 Å². The van der Waals surface area contributed by atoms with Crippen LogP contribution in [0.15, 0.2) is 0 Å². The minimum atomic E-state index is 0.352. The predicted molar refractivity (Wildman–Crippen MR) is 65.4 cm³/mol. The van der Waals surface area contributed by atoms with Crippen molar-refractivity contribution in [2.24, 2.45) is 0 Å². The van der Waals surface area contributed by atoms with Crippen LogP contribution < -0.4 is 0 Å². The molecule has 0 N–H and O–H groups in total. The van der Waals surface area contributed by atoms with Crippen LogP contribution in [0.1, 0.15) is 77.0 Å². The Morgan fingerprint density at radius 3 is 1.19 bits per heavy atom. The molecule has 0 radical (unpaired) electrons. The predicted octanol–water partition coefficient (Wildman–Crippen LogP) is 3.82. The van der Waals surface area contributed by atoms with E-state index in [9.17, 15) is 9.59 Å². The summed E-state index contributed by atoms with van der Waals surface area (Å²) in [7, 11) is 0. The van der Waals surface area contributed by atoms with Crippen molar-refractivity contribution in [1.82, 2.24) is 0 Å². The van der Waals surface area contributed by atoms with Gasteiger partial charge in [0.2, 0.25) is 0 Å². The summed E-state index contributed by atoms with van der Waals surface area (Å²) in [6, 6.07) is 0. The second-order valence-corrected chi connectivity index (χ2v) is 4.91. The fourth-order valence-electron chi connectivity index (χ4n) is 2.26. The van der Waals surface area contributed by atoms with Crippen LogP contribution in [0.25, 0.3) is 0 Å². The van der Waals surface area contributed by atoms with Gasteiger partial charge in [0.25, 0.3) is 0 Å². The first kappa shape index (κ1) is 13.4.